The monoisotopic (exact) mass is 196 g/mol. The average Bonchev–Trinajstić information content (AvgIpc) is 2.23. The van der Waals surface area contributed by atoms with E-state index in [9.17, 15) is 8.78 Å². The minimum Gasteiger partial charge on any atom is -0.207 e. The third kappa shape index (κ3) is 1.94. The first-order valence-corrected chi connectivity index (χ1v) is 5.22. The minimum absolute atomic E-state index is 0.236. The van der Waals surface area contributed by atoms with Crippen LogP contribution in [0.3, 0.4) is 0 Å². The van der Waals surface area contributed by atoms with Gasteiger partial charge in [-0.1, -0.05) is 19.3 Å². The summed E-state index contributed by atoms with van der Waals surface area (Å²) in [5.41, 5.74) is 0.574. The Balaban J connectivity index is 2.24. The Morgan fingerprint density at radius 2 is 1.71 bits per heavy atom. The Kier molecular flexibility index (Phi) is 2.80. The van der Waals surface area contributed by atoms with E-state index in [1.807, 2.05) is 0 Å². The summed E-state index contributed by atoms with van der Waals surface area (Å²) in [6.07, 6.45) is 5.51. The van der Waals surface area contributed by atoms with Gasteiger partial charge in [0.2, 0.25) is 0 Å². The maximum absolute atomic E-state index is 13.4. The van der Waals surface area contributed by atoms with Crippen molar-refractivity contribution < 1.29 is 8.78 Å². The molecule has 0 N–H and O–H groups in total. The molecule has 0 spiro atoms. The van der Waals surface area contributed by atoms with E-state index in [-0.39, 0.29) is 17.6 Å². The summed E-state index contributed by atoms with van der Waals surface area (Å²) in [6, 6.07) is 3.77. The lowest BCUT2D eigenvalue weighted by atomic mass is 9.84. The van der Waals surface area contributed by atoms with Crippen LogP contribution in [-0.2, 0) is 0 Å². The van der Waals surface area contributed by atoms with Crippen molar-refractivity contribution in [1.29, 1.82) is 0 Å². The van der Waals surface area contributed by atoms with Gasteiger partial charge in [-0.3, -0.25) is 0 Å². The zero-order chi connectivity index (χ0) is 9.97. The van der Waals surface area contributed by atoms with Gasteiger partial charge in [-0.2, -0.15) is 0 Å². The molecule has 76 valence electrons. The van der Waals surface area contributed by atoms with Crippen LogP contribution >= 0.6 is 0 Å². The lowest BCUT2D eigenvalue weighted by molar-refractivity contribution is 0.427. The van der Waals surface area contributed by atoms with E-state index < -0.39 is 0 Å². The van der Waals surface area contributed by atoms with Crippen molar-refractivity contribution in [2.75, 3.05) is 0 Å². The summed E-state index contributed by atoms with van der Waals surface area (Å²) < 4.78 is 26.3. The lowest BCUT2D eigenvalue weighted by Gasteiger charge is -2.22. The molecule has 1 aliphatic carbocycles. The third-order valence-electron chi connectivity index (χ3n) is 3.00. The molecule has 2 heteroatoms. The fraction of sp³-hybridized carbons (Fsp3) is 0.500. The van der Waals surface area contributed by atoms with Gasteiger partial charge in [0.05, 0.1) is 0 Å². The summed E-state index contributed by atoms with van der Waals surface area (Å²) in [5, 5.41) is 0. The summed E-state index contributed by atoms with van der Waals surface area (Å²) in [7, 11) is 0. The Hall–Kier alpha value is -0.920. The van der Waals surface area contributed by atoms with E-state index in [0.717, 1.165) is 25.7 Å². The van der Waals surface area contributed by atoms with Crippen LogP contribution in [0.4, 0.5) is 8.78 Å². The second-order valence-corrected chi connectivity index (χ2v) is 4.00. The van der Waals surface area contributed by atoms with Crippen LogP contribution < -0.4 is 0 Å². The zero-order valence-electron chi connectivity index (χ0n) is 8.10. The number of hydrogen-bond acceptors (Lipinski definition) is 0. The van der Waals surface area contributed by atoms with E-state index >= 15 is 0 Å². The molecule has 1 aromatic carbocycles. The average molecular weight is 196 g/mol. The van der Waals surface area contributed by atoms with Gasteiger partial charge in [0, 0.05) is 0 Å². The molecule has 0 unspecified atom stereocenters. The predicted octanol–water partition coefficient (Wildman–Crippen LogP) is 4.01. The molecule has 2 rings (SSSR count). The molecule has 0 bridgehead atoms. The van der Waals surface area contributed by atoms with E-state index in [2.05, 4.69) is 0 Å². The molecule has 1 saturated carbocycles. The lowest BCUT2D eigenvalue weighted by Crippen LogP contribution is -2.06. The molecular formula is C12H14F2. The zero-order valence-corrected chi connectivity index (χ0v) is 8.10. The van der Waals surface area contributed by atoms with Crippen LogP contribution in [-0.4, -0.2) is 0 Å². The molecule has 1 fully saturated rings. The molecule has 0 saturated heterocycles. The van der Waals surface area contributed by atoms with Gasteiger partial charge in [0.15, 0.2) is 0 Å². The Labute approximate surface area is 82.9 Å². The predicted molar refractivity (Wildman–Crippen MR) is 52.2 cm³/mol. The molecule has 0 amide bonds. The highest BCUT2D eigenvalue weighted by Gasteiger charge is 2.18. The molecule has 0 atom stereocenters. The van der Waals surface area contributed by atoms with Gasteiger partial charge in [0.1, 0.15) is 11.6 Å². The normalized spacial score (nSPS) is 18.4. The third-order valence-corrected chi connectivity index (χ3v) is 3.00. The molecule has 0 heterocycles. The molecule has 1 aromatic rings. The molecule has 14 heavy (non-hydrogen) atoms. The van der Waals surface area contributed by atoms with Gasteiger partial charge in [-0.05, 0) is 42.5 Å². The highest BCUT2D eigenvalue weighted by molar-refractivity contribution is 5.23. The van der Waals surface area contributed by atoms with Gasteiger partial charge in [-0.25, -0.2) is 8.78 Å². The topological polar surface area (TPSA) is 0 Å². The first kappa shape index (κ1) is 9.63. The smallest absolute Gasteiger partial charge is 0.126 e. The summed E-state index contributed by atoms with van der Waals surface area (Å²) in [6.45, 7) is 0. The molecule has 0 nitrogen and oxygen atoms in total. The first-order valence-electron chi connectivity index (χ1n) is 5.22. The Bertz CT molecular complexity index is 314. The first-order chi connectivity index (χ1) is 6.77. The number of rotatable bonds is 1. The number of halogens is 2. The molecule has 0 radical (unpaired) electrons. The van der Waals surface area contributed by atoms with Crippen LogP contribution in [0.2, 0.25) is 0 Å². The van der Waals surface area contributed by atoms with Crippen molar-refractivity contribution in [2.24, 2.45) is 0 Å². The van der Waals surface area contributed by atoms with Gasteiger partial charge < -0.3 is 0 Å². The summed E-state index contributed by atoms with van der Waals surface area (Å²) in [4.78, 5) is 0. The van der Waals surface area contributed by atoms with Crippen molar-refractivity contribution in [3.63, 3.8) is 0 Å². The van der Waals surface area contributed by atoms with Gasteiger partial charge in [-0.15, -0.1) is 0 Å². The van der Waals surface area contributed by atoms with Crippen LogP contribution in [0.1, 0.15) is 43.6 Å². The van der Waals surface area contributed by atoms with E-state index in [4.69, 9.17) is 0 Å². The van der Waals surface area contributed by atoms with Crippen LogP contribution in [0.5, 0.6) is 0 Å². The van der Waals surface area contributed by atoms with E-state index in [1.54, 1.807) is 0 Å². The fourth-order valence-corrected chi connectivity index (χ4v) is 2.24. The minimum atomic E-state index is -0.327. The Morgan fingerprint density at radius 1 is 1.00 bits per heavy atom. The highest BCUT2D eigenvalue weighted by atomic mass is 19.1. The standard InChI is InChI=1S/C12H14F2/c13-10-6-7-12(14)11(8-10)9-4-2-1-3-5-9/h6-9H,1-5H2. The number of benzene rings is 1. The SMILES string of the molecule is Fc1ccc(F)c(C2CCCCC2)c1. The quantitative estimate of drug-likeness (QED) is 0.636. The van der Waals surface area contributed by atoms with Crippen LogP contribution in [0.25, 0.3) is 0 Å². The van der Waals surface area contributed by atoms with Crippen LogP contribution in [0.15, 0.2) is 18.2 Å². The molecule has 0 aromatic heterocycles. The van der Waals surface area contributed by atoms with Gasteiger partial charge >= 0.3 is 0 Å². The van der Waals surface area contributed by atoms with Crippen molar-refractivity contribution >= 4 is 0 Å². The maximum Gasteiger partial charge on any atom is 0.126 e. The number of hydrogen-bond donors (Lipinski definition) is 0. The van der Waals surface area contributed by atoms with Crippen molar-refractivity contribution in [3.05, 3.63) is 35.4 Å². The second-order valence-electron chi connectivity index (χ2n) is 4.00. The summed E-state index contributed by atoms with van der Waals surface area (Å²) >= 11 is 0. The van der Waals surface area contributed by atoms with Crippen LogP contribution in [0, 0.1) is 11.6 Å². The molecule has 0 aliphatic heterocycles. The van der Waals surface area contributed by atoms with Crippen molar-refractivity contribution in [2.45, 2.75) is 38.0 Å². The summed E-state index contributed by atoms with van der Waals surface area (Å²) in [5.74, 6) is -0.343. The van der Waals surface area contributed by atoms with Gasteiger partial charge in [0.25, 0.3) is 0 Å². The van der Waals surface area contributed by atoms with E-state index in [0.29, 0.717) is 5.56 Å². The van der Waals surface area contributed by atoms with Crippen molar-refractivity contribution in [1.82, 2.24) is 0 Å². The molecule has 1 aliphatic rings. The van der Waals surface area contributed by atoms with E-state index in [1.165, 1.54) is 24.6 Å². The largest absolute Gasteiger partial charge is 0.207 e. The second kappa shape index (κ2) is 4.07. The maximum atomic E-state index is 13.4. The van der Waals surface area contributed by atoms with Crippen molar-refractivity contribution in [3.8, 4) is 0 Å². The highest BCUT2D eigenvalue weighted by Crippen LogP contribution is 2.34. The Morgan fingerprint density at radius 3 is 2.43 bits per heavy atom. The molecular weight excluding hydrogens is 182 g/mol. The fourth-order valence-electron chi connectivity index (χ4n) is 2.24.